The highest BCUT2D eigenvalue weighted by atomic mass is 16.1. The molecule has 122 valence electrons. The molecule has 1 amide bonds. The molecule has 3 rings (SSSR count). The van der Waals surface area contributed by atoms with Crippen molar-refractivity contribution in [3.8, 4) is 0 Å². The number of aryl methyl sites for hydroxylation is 1. The van der Waals surface area contributed by atoms with Gasteiger partial charge < -0.3 is 10.6 Å². The summed E-state index contributed by atoms with van der Waals surface area (Å²) in [7, 11) is 1.84. The standard InChI is InChI=1S/C17H18N6O/c1-12(14-10-20-23(2)11-14)21-16(24)13-8-18-17(19-9-13)22-15-6-4-3-5-7-15/h3-12H,1-2H3,(H,21,24)(H,18,19,22)/t12-/m1/s1. The number of rotatable bonds is 5. The molecule has 0 unspecified atom stereocenters. The third-order valence-corrected chi connectivity index (χ3v) is 3.52. The number of para-hydroxylation sites is 1. The van der Waals surface area contributed by atoms with Gasteiger partial charge in [0.2, 0.25) is 5.95 Å². The van der Waals surface area contributed by atoms with Crippen molar-refractivity contribution in [1.29, 1.82) is 0 Å². The van der Waals surface area contributed by atoms with Gasteiger partial charge in [-0.1, -0.05) is 18.2 Å². The Bertz CT molecular complexity index is 813. The number of nitrogens with one attached hydrogen (secondary N) is 2. The maximum Gasteiger partial charge on any atom is 0.254 e. The Morgan fingerprint density at radius 3 is 2.46 bits per heavy atom. The van der Waals surface area contributed by atoms with Crippen LogP contribution in [0.5, 0.6) is 0 Å². The van der Waals surface area contributed by atoms with Crippen LogP contribution in [-0.2, 0) is 7.05 Å². The normalized spacial score (nSPS) is 11.8. The Balaban J connectivity index is 1.63. The summed E-state index contributed by atoms with van der Waals surface area (Å²) in [6, 6.07) is 9.46. The molecular formula is C17H18N6O. The van der Waals surface area contributed by atoms with Gasteiger partial charge in [0, 0.05) is 36.9 Å². The monoisotopic (exact) mass is 322 g/mol. The van der Waals surface area contributed by atoms with Crippen molar-refractivity contribution in [1.82, 2.24) is 25.1 Å². The number of amides is 1. The highest BCUT2D eigenvalue weighted by Gasteiger charge is 2.13. The Hall–Kier alpha value is -3.22. The Labute approximate surface area is 139 Å². The number of carbonyl (C=O) groups is 1. The summed E-state index contributed by atoms with van der Waals surface area (Å²) in [5.74, 6) is 0.218. The fourth-order valence-corrected chi connectivity index (χ4v) is 2.19. The van der Waals surface area contributed by atoms with Gasteiger partial charge in [-0.15, -0.1) is 0 Å². The van der Waals surface area contributed by atoms with Crippen molar-refractivity contribution in [2.75, 3.05) is 5.32 Å². The van der Waals surface area contributed by atoms with Gasteiger partial charge in [0.1, 0.15) is 0 Å². The third kappa shape index (κ3) is 3.75. The van der Waals surface area contributed by atoms with E-state index in [0.29, 0.717) is 11.5 Å². The second-order valence-corrected chi connectivity index (χ2v) is 5.43. The van der Waals surface area contributed by atoms with Crippen LogP contribution < -0.4 is 10.6 Å². The molecule has 0 bridgehead atoms. The summed E-state index contributed by atoms with van der Waals surface area (Å²) < 4.78 is 1.70. The molecule has 0 saturated heterocycles. The molecule has 1 atom stereocenters. The minimum Gasteiger partial charge on any atom is -0.345 e. The summed E-state index contributed by atoms with van der Waals surface area (Å²) in [5.41, 5.74) is 2.23. The molecule has 0 saturated carbocycles. The van der Waals surface area contributed by atoms with Crippen molar-refractivity contribution < 1.29 is 4.79 Å². The molecule has 0 fully saturated rings. The number of hydrogen-bond donors (Lipinski definition) is 2. The summed E-state index contributed by atoms with van der Waals surface area (Å²) in [5, 5.41) is 10.1. The van der Waals surface area contributed by atoms with E-state index in [-0.39, 0.29) is 11.9 Å². The Kier molecular flexibility index (Phi) is 4.51. The van der Waals surface area contributed by atoms with E-state index in [1.165, 1.54) is 12.4 Å². The van der Waals surface area contributed by atoms with Crippen molar-refractivity contribution in [3.05, 3.63) is 66.2 Å². The first-order valence-electron chi connectivity index (χ1n) is 7.55. The van der Waals surface area contributed by atoms with E-state index in [4.69, 9.17) is 0 Å². The van der Waals surface area contributed by atoms with Crippen molar-refractivity contribution >= 4 is 17.5 Å². The largest absolute Gasteiger partial charge is 0.345 e. The van der Waals surface area contributed by atoms with E-state index in [2.05, 4.69) is 25.7 Å². The summed E-state index contributed by atoms with van der Waals surface area (Å²) in [6.07, 6.45) is 6.61. The first kappa shape index (κ1) is 15.7. The minimum atomic E-state index is -0.224. The quantitative estimate of drug-likeness (QED) is 0.753. The predicted molar refractivity (Wildman–Crippen MR) is 90.8 cm³/mol. The lowest BCUT2D eigenvalue weighted by molar-refractivity contribution is 0.0939. The van der Waals surface area contributed by atoms with E-state index in [9.17, 15) is 4.79 Å². The van der Waals surface area contributed by atoms with Crippen LogP contribution in [0.2, 0.25) is 0 Å². The number of nitrogens with zero attached hydrogens (tertiary/aromatic N) is 4. The van der Waals surface area contributed by atoms with E-state index >= 15 is 0 Å². The van der Waals surface area contributed by atoms with E-state index < -0.39 is 0 Å². The third-order valence-electron chi connectivity index (χ3n) is 3.52. The van der Waals surface area contributed by atoms with Gasteiger partial charge in [0.15, 0.2) is 0 Å². The first-order valence-corrected chi connectivity index (χ1v) is 7.55. The maximum absolute atomic E-state index is 12.3. The highest BCUT2D eigenvalue weighted by molar-refractivity contribution is 5.93. The Morgan fingerprint density at radius 2 is 1.83 bits per heavy atom. The molecule has 1 aromatic carbocycles. The van der Waals surface area contributed by atoms with Crippen LogP contribution in [0.1, 0.15) is 28.9 Å². The zero-order valence-corrected chi connectivity index (χ0v) is 13.5. The molecule has 24 heavy (non-hydrogen) atoms. The second kappa shape index (κ2) is 6.91. The van der Waals surface area contributed by atoms with Crippen LogP contribution in [0.3, 0.4) is 0 Å². The van der Waals surface area contributed by atoms with E-state index in [1.54, 1.807) is 10.9 Å². The summed E-state index contributed by atoms with van der Waals surface area (Å²) in [4.78, 5) is 20.6. The number of hydrogen-bond acceptors (Lipinski definition) is 5. The zero-order chi connectivity index (χ0) is 16.9. The molecule has 0 spiro atoms. The fourth-order valence-electron chi connectivity index (χ4n) is 2.19. The van der Waals surface area contributed by atoms with Gasteiger partial charge >= 0.3 is 0 Å². The summed E-state index contributed by atoms with van der Waals surface area (Å²) >= 11 is 0. The van der Waals surface area contributed by atoms with E-state index in [0.717, 1.165) is 11.3 Å². The van der Waals surface area contributed by atoms with Crippen LogP contribution in [-0.4, -0.2) is 25.7 Å². The van der Waals surface area contributed by atoms with Crippen LogP contribution in [0, 0.1) is 0 Å². The van der Waals surface area contributed by atoms with Gasteiger partial charge in [-0.05, 0) is 19.1 Å². The zero-order valence-electron chi connectivity index (χ0n) is 13.5. The topological polar surface area (TPSA) is 84.7 Å². The van der Waals surface area contributed by atoms with Crippen molar-refractivity contribution in [2.24, 2.45) is 7.05 Å². The number of anilines is 2. The first-order chi connectivity index (χ1) is 11.6. The number of carbonyl (C=O) groups excluding carboxylic acids is 1. The summed E-state index contributed by atoms with van der Waals surface area (Å²) in [6.45, 7) is 1.90. The lowest BCUT2D eigenvalue weighted by Crippen LogP contribution is -2.26. The van der Waals surface area contributed by atoms with Gasteiger partial charge in [-0.2, -0.15) is 5.10 Å². The lowest BCUT2D eigenvalue weighted by Gasteiger charge is -2.12. The van der Waals surface area contributed by atoms with E-state index in [1.807, 2.05) is 50.5 Å². The lowest BCUT2D eigenvalue weighted by atomic mass is 10.2. The van der Waals surface area contributed by atoms with Crippen LogP contribution >= 0.6 is 0 Å². The molecule has 0 aliphatic rings. The minimum absolute atomic E-state index is 0.145. The molecule has 0 aliphatic carbocycles. The van der Waals surface area contributed by atoms with Gasteiger partial charge in [0.25, 0.3) is 5.91 Å². The molecule has 2 heterocycles. The molecular weight excluding hydrogens is 304 g/mol. The molecule has 0 radical (unpaired) electrons. The predicted octanol–water partition coefficient (Wildman–Crippen LogP) is 2.44. The second-order valence-electron chi connectivity index (χ2n) is 5.43. The molecule has 7 nitrogen and oxygen atoms in total. The molecule has 2 aromatic heterocycles. The molecule has 0 aliphatic heterocycles. The van der Waals surface area contributed by atoms with Crippen LogP contribution in [0.25, 0.3) is 0 Å². The molecule has 3 aromatic rings. The van der Waals surface area contributed by atoms with Crippen LogP contribution in [0.4, 0.5) is 11.6 Å². The number of aromatic nitrogens is 4. The Morgan fingerprint density at radius 1 is 1.12 bits per heavy atom. The van der Waals surface area contributed by atoms with Crippen molar-refractivity contribution in [3.63, 3.8) is 0 Å². The molecule has 7 heteroatoms. The number of benzene rings is 1. The smallest absolute Gasteiger partial charge is 0.254 e. The average Bonchev–Trinajstić information content (AvgIpc) is 3.03. The highest BCUT2D eigenvalue weighted by Crippen LogP contribution is 2.13. The molecule has 2 N–H and O–H groups in total. The van der Waals surface area contributed by atoms with Gasteiger partial charge in [-0.25, -0.2) is 9.97 Å². The average molecular weight is 322 g/mol. The van der Waals surface area contributed by atoms with Crippen molar-refractivity contribution in [2.45, 2.75) is 13.0 Å². The van der Waals surface area contributed by atoms with Crippen LogP contribution in [0.15, 0.2) is 55.1 Å². The van der Waals surface area contributed by atoms with Gasteiger partial charge in [0.05, 0.1) is 17.8 Å². The van der Waals surface area contributed by atoms with Gasteiger partial charge in [-0.3, -0.25) is 9.48 Å². The fraction of sp³-hybridized carbons (Fsp3) is 0.176. The SMILES string of the molecule is C[C@@H](NC(=O)c1cnc(Nc2ccccc2)nc1)c1cnn(C)c1. The maximum atomic E-state index is 12.3.